The number of nitrogens with one attached hydrogen (secondary N) is 1. The first-order valence-corrected chi connectivity index (χ1v) is 6.64. The minimum Gasteiger partial charge on any atom is -0.348 e. The highest BCUT2D eigenvalue weighted by atomic mass is 16.7. The zero-order valence-electron chi connectivity index (χ0n) is 12.3. The van der Waals surface area contributed by atoms with Crippen molar-refractivity contribution in [3.8, 4) is 0 Å². The van der Waals surface area contributed by atoms with E-state index in [2.05, 4.69) is 10.4 Å². The monoisotopic (exact) mass is 257 g/mol. The molecule has 1 rings (SSSR count). The smallest absolute Gasteiger partial charge is 0.236 e. The number of amides is 1. The van der Waals surface area contributed by atoms with E-state index in [0.717, 1.165) is 25.9 Å². The second kappa shape index (κ2) is 6.50. The summed E-state index contributed by atoms with van der Waals surface area (Å²) in [6.45, 7) is 8.52. The summed E-state index contributed by atoms with van der Waals surface area (Å²) in [5.74, 6) is 0.173. The molecule has 0 saturated carbocycles. The van der Waals surface area contributed by atoms with Gasteiger partial charge in [0, 0.05) is 33.2 Å². The number of hydrogen-bond donors (Lipinski definition) is 1. The van der Waals surface area contributed by atoms with Crippen LogP contribution in [0.4, 0.5) is 0 Å². The van der Waals surface area contributed by atoms with Gasteiger partial charge in [-0.2, -0.15) is 5.48 Å². The molecular formula is C13H27N3O2. The number of hydrogen-bond acceptors (Lipinski definition) is 4. The van der Waals surface area contributed by atoms with Gasteiger partial charge in [0.25, 0.3) is 0 Å². The van der Waals surface area contributed by atoms with E-state index in [9.17, 15) is 4.79 Å². The fraction of sp³-hybridized carbons (Fsp3) is 0.923. The second-order valence-electron chi connectivity index (χ2n) is 6.17. The highest BCUT2D eigenvalue weighted by Gasteiger charge is 2.22. The van der Waals surface area contributed by atoms with Gasteiger partial charge in [0.15, 0.2) is 0 Å². The van der Waals surface area contributed by atoms with Crippen LogP contribution in [0, 0.1) is 0 Å². The molecule has 106 valence electrons. The van der Waals surface area contributed by atoms with Gasteiger partial charge in [-0.25, -0.2) is 0 Å². The molecule has 5 heteroatoms. The molecule has 1 fully saturated rings. The summed E-state index contributed by atoms with van der Waals surface area (Å²) in [4.78, 5) is 21.0. The largest absolute Gasteiger partial charge is 0.348 e. The lowest BCUT2D eigenvalue weighted by Gasteiger charge is -2.33. The number of likely N-dealkylation sites (N-methyl/N-ethyl adjacent to an activating group) is 1. The molecule has 0 unspecified atom stereocenters. The van der Waals surface area contributed by atoms with Crippen molar-refractivity contribution in [1.29, 1.82) is 0 Å². The van der Waals surface area contributed by atoms with Crippen molar-refractivity contribution in [3.63, 3.8) is 0 Å². The van der Waals surface area contributed by atoms with Crippen molar-refractivity contribution in [2.24, 2.45) is 0 Å². The van der Waals surface area contributed by atoms with Crippen LogP contribution in [0.2, 0.25) is 0 Å². The Labute approximate surface area is 110 Å². The Bertz CT molecular complexity index is 266. The Kier molecular flexibility index (Phi) is 5.56. The molecule has 0 aromatic heterocycles. The third-order valence-corrected chi connectivity index (χ3v) is 2.98. The third-order valence-electron chi connectivity index (χ3n) is 2.98. The van der Waals surface area contributed by atoms with Gasteiger partial charge < -0.3 is 4.90 Å². The van der Waals surface area contributed by atoms with Crippen LogP contribution in [-0.2, 0) is 9.63 Å². The van der Waals surface area contributed by atoms with Crippen LogP contribution in [0.5, 0.6) is 0 Å². The van der Waals surface area contributed by atoms with Gasteiger partial charge in [-0.05, 0) is 33.6 Å². The Hall–Kier alpha value is -0.650. The Morgan fingerprint density at radius 2 is 1.89 bits per heavy atom. The molecule has 0 spiro atoms. The van der Waals surface area contributed by atoms with Crippen molar-refractivity contribution in [3.05, 3.63) is 0 Å². The molecule has 0 aliphatic carbocycles. The molecule has 1 N–H and O–H groups in total. The van der Waals surface area contributed by atoms with Crippen LogP contribution in [0.25, 0.3) is 0 Å². The van der Waals surface area contributed by atoms with Crippen molar-refractivity contribution >= 4 is 5.91 Å². The quantitative estimate of drug-likeness (QED) is 0.759. The summed E-state index contributed by atoms with van der Waals surface area (Å²) in [7, 11) is 3.60. The molecule has 18 heavy (non-hydrogen) atoms. The van der Waals surface area contributed by atoms with E-state index in [1.807, 2.05) is 20.8 Å². The maximum atomic E-state index is 11.6. The van der Waals surface area contributed by atoms with Crippen LogP contribution in [-0.4, -0.2) is 61.1 Å². The first kappa shape index (κ1) is 15.4. The summed E-state index contributed by atoms with van der Waals surface area (Å²) >= 11 is 0. The van der Waals surface area contributed by atoms with E-state index in [1.165, 1.54) is 0 Å². The molecule has 0 bridgehead atoms. The molecule has 0 aromatic carbocycles. The minimum atomic E-state index is -0.155. The molecule has 0 atom stereocenters. The van der Waals surface area contributed by atoms with Gasteiger partial charge in [0.1, 0.15) is 0 Å². The highest BCUT2D eigenvalue weighted by Crippen LogP contribution is 2.12. The zero-order chi connectivity index (χ0) is 13.8. The standard InChI is InChI=1S/C13H27N3O2/c1-13(2,3)18-14-11-6-8-16(9-7-11)10-12(17)15(4)5/h11,14H,6-10H2,1-5H3. The number of rotatable bonds is 4. The molecule has 5 nitrogen and oxygen atoms in total. The number of hydroxylamine groups is 1. The third kappa shape index (κ3) is 5.80. The molecule has 0 radical (unpaired) electrons. The maximum Gasteiger partial charge on any atom is 0.236 e. The van der Waals surface area contributed by atoms with Crippen molar-refractivity contribution < 1.29 is 9.63 Å². The Morgan fingerprint density at radius 1 is 1.33 bits per heavy atom. The minimum absolute atomic E-state index is 0.155. The molecule has 1 saturated heterocycles. The lowest BCUT2D eigenvalue weighted by atomic mass is 10.1. The summed E-state index contributed by atoms with van der Waals surface area (Å²) in [5.41, 5.74) is 2.98. The summed E-state index contributed by atoms with van der Waals surface area (Å²) < 4.78 is 0. The summed E-state index contributed by atoms with van der Waals surface area (Å²) in [5, 5.41) is 0. The first-order valence-electron chi connectivity index (χ1n) is 6.64. The summed E-state index contributed by atoms with van der Waals surface area (Å²) in [6.07, 6.45) is 2.05. The van der Waals surface area contributed by atoms with E-state index in [1.54, 1.807) is 19.0 Å². The molecule has 1 heterocycles. The number of carbonyl (C=O) groups is 1. The first-order chi connectivity index (χ1) is 8.28. The molecule has 1 amide bonds. The van der Waals surface area contributed by atoms with E-state index in [0.29, 0.717) is 12.6 Å². The predicted octanol–water partition coefficient (Wildman–Crippen LogP) is 0.859. The lowest BCUT2D eigenvalue weighted by molar-refractivity contribution is -0.130. The zero-order valence-corrected chi connectivity index (χ0v) is 12.3. The Balaban J connectivity index is 2.22. The Morgan fingerprint density at radius 3 is 2.33 bits per heavy atom. The number of likely N-dealkylation sites (tertiary alicyclic amines) is 1. The molecule has 1 aliphatic rings. The van der Waals surface area contributed by atoms with Crippen molar-refractivity contribution in [2.45, 2.75) is 45.3 Å². The van der Waals surface area contributed by atoms with Gasteiger partial charge in [-0.15, -0.1) is 0 Å². The lowest BCUT2D eigenvalue weighted by Crippen LogP contribution is -2.47. The van der Waals surface area contributed by atoms with Crippen LogP contribution in [0.1, 0.15) is 33.6 Å². The second-order valence-corrected chi connectivity index (χ2v) is 6.17. The number of carbonyl (C=O) groups excluding carboxylic acids is 1. The normalized spacial score (nSPS) is 18.9. The van der Waals surface area contributed by atoms with Crippen LogP contribution >= 0.6 is 0 Å². The fourth-order valence-electron chi connectivity index (χ4n) is 1.80. The van der Waals surface area contributed by atoms with E-state index in [4.69, 9.17) is 4.84 Å². The van der Waals surface area contributed by atoms with Crippen molar-refractivity contribution in [2.75, 3.05) is 33.7 Å². The topological polar surface area (TPSA) is 44.8 Å². The van der Waals surface area contributed by atoms with Crippen molar-refractivity contribution in [1.82, 2.24) is 15.3 Å². The van der Waals surface area contributed by atoms with E-state index < -0.39 is 0 Å². The molecule has 1 aliphatic heterocycles. The highest BCUT2D eigenvalue weighted by molar-refractivity contribution is 5.77. The number of piperidine rings is 1. The maximum absolute atomic E-state index is 11.6. The van der Waals surface area contributed by atoms with Gasteiger partial charge in [0.2, 0.25) is 5.91 Å². The van der Waals surface area contributed by atoms with Gasteiger partial charge >= 0.3 is 0 Å². The van der Waals surface area contributed by atoms with E-state index in [-0.39, 0.29) is 11.5 Å². The van der Waals surface area contributed by atoms with Gasteiger partial charge in [-0.3, -0.25) is 14.5 Å². The number of nitrogens with zero attached hydrogens (tertiary/aromatic N) is 2. The molecule has 0 aromatic rings. The van der Waals surface area contributed by atoms with E-state index >= 15 is 0 Å². The molecular weight excluding hydrogens is 230 g/mol. The van der Waals surface area contributed by atoms with Crippen LogP contribution in [0.15, 0.2) is 0 Å². The van der Waals surface area contributed by atoms with Gasteiger partial charge in [0.05, 0.1) is 12.1 Å². The average molecular weight is 257 g/mol. The van der Waals surface area contributed by atoms with Crippen LogP contribution < -0.4 is 5.48 Å². The average Bonchev–Trinajstić information content (AvgIpc) is 2.27. The fourth-order valence-corrected chi connectivity index (χ4v) is 1.80. The predicted molar refractivity (Wildman–Crippen MR) is 72.1 cm³/mol. The van der Waals surface area contributed by atoms with Gasteiger partial charge in [-0.1, -0.05) is 0 Å². The SMILES string of the molecule is CN(C)C(=O)CN1CCC(NOC(C)(C)C)CC1. The van der Waals surface area contributed by atoms with Crippen LogP contribution in [0.3, 0.4) is 0 Å². The summed E-state index contributed by atoms with van der Waals surface area (Å²) in [6, 6.07) is 0.398.